The van der Waals surface area contributed by atoms with Crippen LogP contribution < -0.4 is 0 Å². The highest BCUT2D eigenvalue weighted by Gasteiger charge is 2.15. The molecule has 0 atom stereocenters. The van der Waals surface area contributed by atoms with Crippen molar-refractivity contribution in [3.63, 3.8) is 0 Å². The van der Waals surface area contributed by atoms with Crippen LogP contribution in [0, 0.1) is 10.1 Å². The Kier molecular flexibility index (Phi) is 3.61. The van der Waals surface area contributed by atoms with Crippen molar-refractivity contribution in [2.45, 2.75) is 6.54 Å². The van der Waals surface area contributed by atoms with E-state index in [1.165, 1.54) is 23.0 Å². The van der Waals surface area contributed by atoms with E-state index in [1.54, 1.807) is 12.1 Å². The summed E-state index contributed by atoms with van der Waals surface area (Å²) in [5, 5.41) is 23.5. The fourth-order valence-corrected chi connectivity index (χ4v) is 1.93. The Morgan fingerprint density at radius 1 is 1.47 bits per heavy atom. The summed E-state index contributed by atoms with van der Waals surface area (Å²) in [7, 11) is 0. The molecule has 0 saturated carbocycles. The second-order valence-corrected chi connectivity index (χ2v) is 4.65. The van der Waals surface area contributed by atoms with E-state index < -0.39 is 10.9 Å². The summed E-state index contributed by atoms with van der Waals surface area (Å²) < 4.78 is 1.95. The zero-order valence-electron chi connectivity index (χ0n) is 9.49. The Labute approximate surface area is 115 Å². The lowest BCUT2D eigenvalue weighted by atomic mass is 10.2. The quantitative estimate of drug-likeness (QED) is 0.687. The van der Waals surface area contributed by atoms with Gasteiger partial charge in [-0.25, -0.2) is 4.79 Å². The maximum absolute atomic E-state index is 10.9. The summed E-state index contributed by atoms with van der Waals surface area (Å²) in [5.74, 6) is -1.14. The first-order valence-corrected chi connectivity index (χ1v) is 5.96. The molecule has 0 amide bonds. The first-order valence-electron chi connectivity index (χ1n) is 5.17. The van der Waals surface area contributed by atoms with Gasteiger partial charge in [0.05, 0.1) is 17.0 Å². The van der Waals surface area contributed by atoms with Gasteiger partial charge in [0.15, 0.2) is 5.69 Å². The van der Waals surface area contributed by atoms with Crippen LogP contribution in [0.25, 0.3) is 0 Å². The molecule has 8 heteroatoms. The molecule has 0 aliphatic carbocycles. The first-order chi connectivity index (χ1) is 8.97. The van der Waals surface area contributed by atoms with Crippen LogP contribution in [0.2, 0.25) is 0 Å². The number of hydrogen-bond donors (Lipinski definition) is 1. The molecule has 0 saturated heterocycles. The molecule has 0 aliphatic heterocycles. The number of carbonyl (C=O) groups is 1. The zero-order valence-corrected chi connectivity index (χ0v) is 11.1. The third-order valence-corrected chi connectivity index (χ3v) is 2.93. The van der Waals surface area contributed by atoms with Gasteiger partial charge in [0.25, 0.3) is 5.69 Å². The topological polar surface area (TPSA) is 98.3 Å². The fourth-order valence-electron chi connectivity index (χ4n) is 1.58. The molecule has 0 bridgehead atoms. The zero-order chi connectivity index (χ0) is 14.0. The van der Waals surface area contributed by atoms with Crippen molar-refractivity contribution in [1.29, 1.82) is 0 Å². The Morgan fingerprint density at radius 3 is 2.79 bits per heavy atom. The van der Waals surface area contributed by atoms with Crippen molar-refractivity contribution < 1.29 is 14.8 Å². The lowest BCUT2D eigenvalue weighted by Crippen LogP contribution is -2.06. The highest BCUT2D eigenvalue weighted by Crippen LogP contribution is 2.24. The van der Waals surface area contributed by atoms with Crippen molar-refractivity contribution >= 4 is 27.6 Å². The Morgan fingerprint density at radius 2 is 2.21 bits per heavy atom. The Bertz CT molecular complexity index is 653. The maximum atomic E-state index is 10.9. The minimum Gasteiger partial charge on any atom is -0.476 e. The molecule has 19 heavy (non-hydrogen) atoms. The van der Waals surface area contributed by atoms with Crippen LogP contribution in [0.5, 0.6) is 0 Å². The summed E-state index contributed by atoms with van der Waals surface area (Å²) in [6, 6.07) is 6.03. The fraction of sp³-hybridized carbons (Fsp3) is 0.0909. The smallest absolute Gasteiger partial charge is 0.356 e. The van der Waals surface area contributed by atoms with E-state index in [0.29, 0.717) is 10.0 Å². The SMILES string of the molecule is O=C(O)c1ccn(Cc2ccc(Br)cc2[N+](=O)[O-])n1. The molecule has 1 N–H and O–H groups in total. The van der Waals surface area contributed by atoms with Gasteiger partial charge >= 0.3 is 5.97 Å². The van der Waals surface area contributed by atoms with E-state index >= 15 is 0 Å². The van der Waals surface area contributed by atoms with Crippen molar-refractivity contribution in [3.8, 4) is 0 Å². The van der Waals surface area contributed by atoms with Crippen molar-refractivity contribution in [1.82, 2.24) is 9.78 Å². The van der Waals surface area contributed by atoms with Gasteiger partial charge in [0.1, 0.15) is 0 Å². The van der Waals surface area contributed by atoms with Crippen LogP contribution in [-0.4, -0.2) is 25.8 Å². The number of carboxylic acid groups (broad SMARTS) is 1. The van der Waals surface area contributed by atoms with Gasteiger partial charge in [-0.05, 0) is 18.2 Å². The van der Waals surface area contributed by atoms with Crippen LogP contribution in [0.15, 0.2) is 34.9 Å². The van der Waals surface area contributed by atoms with Gasteiger partial charge in [-0.3, -0.25) is 14.8 Å². The molecular formula is C11H8BrN3O4. The Balaban J connectivity index is 2.32. The largest absolute Gasteiger partial charge is 0.476 e. The summed E-state index contributed by atoms with van der Waals surface area (Å²) in [6.45, 7) is 0.136. The number of hydrogen-bond acceptors (Lipinski definition) is 4. The van der Waals surface area contributed by atoms with E-state index in [4.69, 9.17) is 5.11 Å². The average Bonchev–Trinajstić information content (AvgIpc) is 2.80. The monoisotopic (exact) mass is 325 g/mol. The van der Waals surface area contributed by atoms with Gasteiger partial charge in [-0.15, -0.1) is 0 Å². The van der Waals surface area contributed by atoms with Crippen molar-refractivity contribution in [2.75, 3.05) is 0 Å². The summed E-state index contributed by atoms with van der Waals surface area (Å²) in [5.41, 5.74) is 0.315. The van der Waals surface area contributed by atoms with Crippen LogP contribution in [0.3, 0.4) is 0 Å². The number of aromatic nitrogens is 2. The van der Waals surface area contributed by atoms with E-state index in [-0.39, 0.29) is 17.9 Å². The first kappa shape index (κ1) is 13.2. The number of nitro groups is 1. The minimum atomic E-state index is -1.14. The molecule has 0 unspecified atom stereocenters. The van der Waals surface area contributed by atoms with E-state index in [1.807, 2.05) is 0 Å². The molecule has 0 spiro atoms. The van der Waals surface area contributed by atoms with Crippen LogP contribution >= 0.6 is 15.9 Å². The van der Waals surface area contributed by atoms with Gasteiger partial charge in [0, 0.05) is 16.7 Å². The summed E-state index contributed by atoms with van der Waals surface area (Å²) >= 11 is 3.17. The molecular weight excluding hydrogens is 318 g/mol. The second-order valence-electron chi connectivity index (χ2n) is 3.73. The molecule has 7 nitrogen and oxygen atoms in total. The van der Waals surface area contributed by atoms with E-state index in [9.17, 15) is 14.9 Å². The number of aromatic carboxylic acids is 1. The van der Waals surface area contributed by atoms with Crippen LogP contribution in [0.1, 0.15) is 16.1 Å². The van der Waals surface area contributed by atoms with Gasteiger partial charge in [-0.2, -0.15) is 5.10 Å². The highest BCUT2D eigenvalue weighted by atomic mass is 79.9. The summed E-state index contributed by atoms with van der Waals surface area (Å²) in [4.78, 5) is 21.2. The average molecular weight is 326 g/mol. The molecule has 0 aliphatic rings. The lowest BCUT2D eigenvalue weighted by Gasteiger charge is -2.03. The van der Waals surface area contributed by atoms with Gasteiger partial charge in [-0.1, -0.05) is 15.9 Å². The molecule has 1 aromatic carbocycles. The molecule has 0 radical (unpaired) electrons. The Hall–Kier alpha value is -2.22. The van der Waals surface area contributed by atoms with Crippen molar-refractivity contribution in [3.05, 3.63) is 56.3 Å². The van der Waals surface area contributed by atoms with Gasteiger partial charge in [0.2, 0.25) is 0 Å². The normalized spacial score (nSPS) is 10.4. The van der Waals surface area contributed by atoms with Gasteiger partial charge < -0.3 is 5.11 Å². The number of halogens is 1. The molecule has 0 fully saturated rings. The number of nitro benzene ring substituents is 1. The highest BCUT2D eigenvalue weighted by molar-refractivity contribution is 9.10. The second kappa shape index (κ2) is 5.19. The van der Waals surface area contributed by atoms with Crippen molar-refractivity contribution in [2.24, 2.45) is 0 Å². The number of benzene rings is 1. The summed E-state index contributed by atoms with van der Waals surface area (Å²) in [6.07, 6.45) is 1.47. The molecule has 1 heterocycles. The lowest BCUT2D eigenvalue weighted by molar-refractivity contribution is -0.385. The minimum absolute atomic E-state index is 0.0400. The van der Waals surface area contributed by atoms with E-state index in [2.05, 4.69) is 21.0 Å². The number of rotatable bonds is 4. The number of carboxylic acids is 1. The predicted molar refractivity (Wildman–Crippen MR) is 69.1 cm³/mol. The van der Waals surface area contributed by atoms with Crippen LogP contribution in [-0.2, 0) is 6.54 Å². The molecule has 1 aromatic heterocycles. The third kappa shape index (κ3) is 2.97. The van der Waals surface area contributed by atoms with E-state index in [0.717, 1.165) is 0 Å². The molecule has 2 rings (SSSR count). The number of nitrogens with zero attached hydrogens (tertiary/aromatic N) is 3. The third-order valence-electron chi connectivity index (χ3n) is 2.44. The molecule has 98 valence electrons. The predicted octanol–water partition coefficient (Wildman–Crippen LogP) is 2.30. The van der Waals surface area contributed by atoms with Crippen LogP contribution in [0.4, 0.5) is 5.69 Å². The molecule has 2 aromatic rings. The maximum Gasteiger partial charge on any atom is 0.356 e. The standard InChI is InChI=1S/C11H8BrN3O4/c12-8-2-1-7(10(5-8)15(18)19)6-14-4-3-9(13-14)11(16)17/h1-5H,6H2,(H,16,17).